The molecule has 0 bridgehead atoms. The molecular formula is C17H12FN3O2. The predicted molar refractivity (Wildman–Crippen MR) is 83.1 cm³/mol. The van der Waals surface area contributed by atoms with Crippen LogP contribution in [-0.4, -0.2) is 16.8 Å². The van der Waals surface area contributed by atoms with Crippen molar-refractivity contribution < 1.29 is 14.0 Å². The zero-order valence-corrected chi connectivity index (χ0v) is 11.9. The lowest BCUT2D eigenvalue weighted by Crippen LogP contribution is -2.41. The van der Waals surface area contributed by atoms with E-state index in [9.17, 15) is 14.0 Å². The topological polar surface area (TPSA) is 71.1 Å². The molecule has 1 heterocycles. The maximum atomic E-state index is 12.8. The molecule has 1 aromatic heterocycles. The van der Waals surface area contributed by atoms with Gasteiger partial charge in [-0.05, 0) is 36.4 Å². The first-order chi connectivity index (χ1) is 11.1. The zero-order valence-electron chi connectivity index (χ0n) is 11.9. The Morgan fingerprint density at radius 2 is 1.52 bits per heavy atom. The van der Waals surface area contributed by atoms with Gasteiger partial charge in [0.1, 0.15) is 11.5 Å². The second-order valence-corrected chi connectivity index (χ2v) is 4.80. The minimum absolute atomic E-state index is 0.183. The number of amides is 2. The van der Waals surface area contributed by atoms with Gasteiger partial charge in [0.2, 0.25) is 0 Å². The molecule has 5 nitrogen and oxygen atoms in total. The van der Waals surface area contributed by atoms with Crippen molar-refractivity contribution in [3.8, 4) is 0 Å². The highest BCUT2D eigenvalue weighted by Gasteiger charge is 2.10. The molecule has 2 amide bonds. The number of benzene rings is 2. The van der Waals surface area contributed by atoms with E-state index in [-0.39, 0.29) is 11.3 Å². The average molecular weight is 309 g/mol. The number of hydrogen-bond donors (Lipinski definition) is 2. The number of aromatic nitrogens is 1. The molecule has 0 saturated carbocycles. The van der Waals surface area contributed by atoms with Crippen LogP contribution in [0.3, 0.4) is 0 Å². The molecule has 114 valence electrons. The summed E-state index contributed by atoms with van der Waals surface area (Å²) in [6.45, 7) is 0. The molecule has 0 atom stereocenters. The molecule has 6 heteroatoms. The van der Waals surface area contributed by atoms with Gasteiger partial charge in [-0.2, -0.15) is 0 Å². The fourth-order valence-electron chi connectivity index (χ4n) is 2.04. The van der Waals surface area contributed by atoms with Gasteiger partial charge in [-0.3, -0.25) is 20.4 Å². The van der Waals surface area contributed by atoms with E-state index in [0.717, 1.165) is 5.39 Å². The van der Waals surface area contributed by atoms with Crippen LogP contribution >= 0.6 is 0 Å². The van der Waals surface area contributed by atoms with Gasteiger partial charge in [0, 0.05) is 10.9 Å². The van der Waals surface area contributed by atoms with Crippen molar-refractivity contribution in [2.45, 2.75) is 0 Å². The highest BCUT2D eigenvalue weighted by Crippen LogP contribution is 2.11. The van der Waals surface area contributed by atoms with E-state index in [0.29, 0.717) is 5.52 Å². The summed E-state index contributed by atoms with van der Waals surface area (Å²) in [6, 6.07) is 15.7. The molecule has 3 aromatic rings. The van der Waals surface area contributed by atoms with E-state index in [1.807, 2.05) is 18.2 Å². The Bertz CT molecular complexity index is 878. The molecule has 0 radical (unpaired) electrons. The molecule has 0 aliphatic carbocycles. The Balaban J connectivity index is 1.68. The number of nitrogens with one attached hydrogen (secondary N) is 2. The van der Waals surface area contributed by atoms with Crippen molar-refractivity contribution in [3.05, 3.63) is 77.7 Å². The number of pyridine rings is 1. The summed E-state index contributed by atoms with van der Waals surface area (Å²) < 4.78 is 12.8. The SMILES string of the molecule is O=C(NNC(=O)c1ccc2ccccc2n1)c1ccc(F)cc1. The number of fused-ring (bicyclic) bond motifs is 1. The summed E-state index contributed by atoms with van der Waals surface area (Å²) in [7, 11) is 0. The molecule has 0 spiro atoms. The summed E-state index contributed by atoms with van der Waals surface area (Å²) in [5, 5.41) is 0.916. The van der Waals surface area contributed by atoms with Gasteiger partial charge in [-0.1, -0.05) is 24.3 Å². The Morgan fingerprint density at radius 3 is 2.30 bits per heavy atom. The molecule has 2 aromatic carbocycles. The predicted octanol–water partition coefficient (Wildman–Crippen LogP) is 2.45. The van der Waals surface area contributed by atoms with Crippen molar-refractivity contribution in [3.63, 3.8) is 0 Å². The Labute approximate surface area is 131 Å². The zero-order chi connectivity index (χ0) is 16.2. The van der Waals surface area contributed by atoms with Gasteiger partial charge in [-0.15, -0.1) is 0 Å². The van der Waals surface area contributed by atoms with Gasteiger partial charge in [0.05, 0.1) is 5.52 Å². The van der Waals surface area contributed by atoms with Crippen LogP contribution in [0.5, 0.6) is 0 Å². The van der Waals surface area contributed by atoms with Crippen LogP contribution in [0.25, 0.3) is 10.9 Å². The van der Waals surface area contributed by atoms with E-state index in [1.165, 1.54) is 24.3 Å². The van der Waals surface area contributed by atoms with Crippen LogP contribution in [-0.2, 0) is 0 Å². The minimum atomic E-state index is -0.542. The summed E-state index contributed by atoms with van der Waals surface area (Å²) >= 11 is 0. The quantitative estimate of drug-likeness (QED) is 0.714. The molecule has 0 aliphatic heterocycles. The fourth-order valence-corrected chi connectivity index (χ4v) is 2.04. The van der Waals surface area contributed by atoms with E-state index in [4.69, 9.17) is 0 Å². The number of halogens is 1. The van der Waals surface area contributed by atoms with Gasteiger partial charge < -0.3 is 0 Å². The van der Waals surface area contributed by atoms with Crippen LogP contribution < -0.4 is 10.9 Å². The first-order valence-corrected chi connectivity index (χ1v) is 6.85. The third kappa shape index (κ3) is 3.32. The number of carbonyl (C=O) groups is 2. The van der Waals surface area contributed by atoms with E-state index >= 15 is 0 Å². The summed E-state index contributed by atoms with van der Waals surface area (Å²) in [5.41, 5.74) is 5.65. The lowest BCUT2D eigenvalue weighted by Gasteiger charge is -2.07. The van der Waals surface area contributed by atoms with Gasteiger partial charge in [0.25, 0.3) is 11.8 Å². The maximum Gasteiger partial charge on any atom is 0.288 e. The van der Waals surface area contributed by atoms with E-state index in [1.54, 1.807) is 18.2 Å². The lowest BCUT2D eigenvalue weighted by atomic mass is 10.2. The van der Waals surface area contributed by atoms with Crippen LogP contribution in [0.1, 0.15) is 20.8 Å². The minimum Gasteiger partial charge on any atom is -0.267 e. The molecule has 2 N–H and O–H groups in total. The van der Waals surface area contributed by atoms with Gasteiger partial charge >= 0.3 is 0 Å². The summed E-state index contributed by atoms with van der Waals surface area (Å²) in [5.74, 6) is -1.52. The molecular weight excluding hydrogens is 297 g/mol. The number of carbonyl (C=O) groups excluding carboxylic acids is 2. The smallest absolute Gasteiger partial charge is 0.267 e. The van der Waals surface area contributed by atoms with Crippen LogP contribution in [0.4, 0.5) is 4.39 Å². The first-order valence-electron chi connectivity index (χ1n) is 6.85. The second kappa shape index (κ2) is 6.23. The maximum absolute atomic E-state index is 12.8. The largest absolute Gasteiger partial charge is 0.288 e. The van der Waals surface area contributed by atoms with Crippen molar-refractivity contribution in [2.75, 3.05) is 0 Å². The Kier molecular flexibility index (Phi) is 3.97. The molecule has 0 fully saturated rings. The monoisotopic (exact) mass is 309 g/mol. The fraction of sp³-hybridized carbons (Fsp3) is 0. The second-order valence-electron chi connectivity index (χ2n) is 4.80. The number of hydrazine groups is 1. The van der Waals surface area contributed by atoms with E-state index < -0.39 is 17.6 Å². The summed E-state index contributed by atoms with van der Waals surface area (Å²) in [6.07, 6.45) is 0. The third-order valence-electron chi connectivity index (χ3n) is 3.23. The Morgan fingerprint density at radius 1 is 0.826 bits per heavy atom. The summed E-state index contributed by atoms with van der Waals surface area (Å²) in [4.78, 5) is 28.1. The number of rotatable bonds is 2. The highest BCUT2D eigenvalue weighted by atomic mass is 19.1. The number of nitrogens with zero attached hydrogens (tertiary/aromatic N) is 1. The molecule has 3 rings (SSSR count). The molecule has 0 unspecified atom stereocenters. The van der Waals surface area contributed by atoms with Gasteiger partial charge in [0.15, 0.2) is 0 Å². The van der Waals surface area contributed by atoms with Crippen molar-refractivity contribution in [2.24, 2.45) is 0 Å². The third-order valence-corrected chi connectivity index (χ3v) is 3.23. The molecule has 23 heavy (non-hydrogen) atoms. The highest BCUT2D eigenvalue weighted by molar-refractivity contribution is 5.99. The van der Waals surface area contributed by atoms with Crippen molar-refractivity contribution in [1.29, 1.82) is 0 Å². The number of hydrogen-bond acceptors (Lipinski definition) is 3. The van der Waals surface area contributed by atoms with Crippen molar-refractivity contribution in [1.82, 2.24) is 15.8 Å². The van der Waals surface area contributed by atoms with Gasteiger partial charge in [-0.25, -0.2) is 9.37 Å². The number of para-hydroxylation sites is 1. The molecule has 0 aliphatic rings. The standard InChI is InChI=1S/C17H12FN3O2/c18-13-8-5-12(6-9-13)16(22)20-21-17(23)15-10-7-11-3-1-2-4-14(11)19-15/h1-10H,(H,20,22)(H,21,23). The van der Waals surface area contributed by atoms with Crippen molar-refractivity contribution >= 4 is 22.7 Å². The van der Waals surface area contributed by atoms with Crippen LogP contribution in [0.2, 0.25) is 0 Å². The average Bonchev–Trinajstić information content (AvgIpc) is 2.59. The Hall–Kier alpha value is -3.28. The molecule has 0 saturated heterocycles. The van der Waals surface area contributed by atoms with Crippen LogP contribution in [0, 0.1) is 5.82 Å². The normalized spacial score (nSPS) is 10.3. The first kappa shape index (κ1) is 14.6. The van der Waals surface area contributed by atoms with Crippen LogP contribution in [0.15, 0.2) is 60.7 Å². The van der Waals surface area contributed by atoms with E-state index in [2.05, 4.69) is 15.8 Å². The lowest BCUT2D eigenvalue weighted by molar-refractivity contribution is 0.0844.